The number of rotatable bonds is 5. The Balaban J connectivity index is 2.10. The zero-order chi connectivity index (χ0) is 14.8. The lowest BCUT2D eigenvalue weighted by Gasteiger charge is -2.30. The normalized spacial score (nSPS) is 23.2. The molecule has 1 aromatic heterocycles. The van der Waals surface area contributed by atoms with Crippen LogP contribution in [0.1, 0.15) is 24.9 Å². The number of likely N-dealkylation sites (tertiary alicyclic amines) is 1. The molecule has 20 heavy (non-hydrogen) atoms. The van der Waals surface area contributed by atoms with Gasteiger partial charge in [-0.25, -0.2) is 9.97 Å². The Morgan fingerprint density at radius 3 is 2.80 bits per heavy atom. The second-order valence-corrected chi connectivity index (χ2v) is 6.46. The first kappa shape index (κ1) is 15.2. The topological polar surface area (TPSA) is 58.3 Å². The molecular weight excluding hydrogens is 250 g/mol. The third-order valence-corrected chi connectivity index (χ3v) is 4.04. The number of hydrogen-bond acceptors (Lipinski definition) is 5. The molecule has 0 aliphatic carbocycles. The molecule has 0 saturated carbocycles. The van der Waals surface area contributed by atoms with Gasteiger partial charge in [-0.2, -0.15) is 0 Å². The fourth-order valence-electron chi connectivity index (χ4n) is 3.14. The predicted octanol–water partition coefficient (Wildman–Crippen LogP) is 1.06. The minimum Gasteiger partial charge on any atom is -0.359 e. The van der Waals surface area contributed by atoms with Gasteiger partial charge in [-0.3, -0.25) is 0 Å². The molecule has 1 saturated heterocycles. The molecule has 2 heterocycles. The Hall–Kier alpha value is -1.20. The maximum absolute atomic E-state index is 5.63. The van der Waals surface area contributed by atoms with Crippen molar-refractivity contribution < 1.29 is 0 Å². The number of nitrogens with two attached hydrogens (primary N) is 1. The van der Waals surface area contributed by atoms with Crippen LogP contribution in [-0.4, -0.2) is 55.1 Å². The molecule has 1 atom stereocenters. The second-order valence-electron chi connectivity index (χ2n) is 6.46. The third-order valence-electron chi connectivity index (χ3n) is 4.04. The Bertz CT molecular complexity index is 462. The van der Waals surface area contributed by atoms with Gasteiger partial charge in [0.25, 0.3) is 0 Å². The summed E-state index contributed by atoms with van der Waals surface area (Å²) in [6.07, 6.45) is 2.05. The van der Waals surface area contributed by atoms with E-state index < -0.39 is 0 Å². The maximum Gasteiger partial charge on any atom is 0.132 e. The van der Waals surface area contributed by atoms with Gasteiger partial charge in [-0.15, -0.1) is 0 Å². The molecular formula is C15H27N5. The van der Waals surface area contributed by atoms with Gasteiger partial charge in [0, 0.05) is 38.3 Å². The molecule has 0 amide bonds. The van der Waals surface area contributed by atoms with Crippen LogP contribution in [0.5, 0.6) is 0 Å². The first-order valence-corrected chi connectivity index (χ1v) is 7.36. The summed E-state index contributed by atoms with van der Waals surface area (Å²) < 4.78 is 0. The van der Waals surface area contributed by atoms with Crippen molar-refractivity contribution in [1.29, 1.82) is 0 Å². The van der Waals surface area contributed by atoms with Crippen LogP contribution >= 0.6 is 0 Å². The van der Waals surface area contributed by atoms with E-state index in [1.54, 1.807) is 0 Å². The molecule has 2 rings (SSSR count). The fraction of sp³-hybridized carbons (Fsp3) is 0.733. The van der Waals surface area contributed by atoms with Crippen LogP contribution in [0.4, 0.5) is 5.82 Å². The van der Waals surface area contributed by atoms with Crippen molar-refractivity contribution in [3.8, 4) is 0 Å². The van der Waals surface area contributed by atoms with Gasteiger partial charge in [0.15, 0.2) is 0 Å². The van der Waals surface area contributed by atoms with E-state index in [1.807, 2.05) is 6.92 Å². The smallest absolute Gasteiger partial charge is 0.132 e. The molecule has 1 aliphatic rings. The van der Waals surface area contributed by atoms with Gasteiger partial charge in [0.05, 0.1) is 0 Å². The molecule has 2 N–H and O–H groups in total. The largest absolute Gasteiger partial charge is 0.359 e. The van der Waals surface area contributed by atoms with Crippen molar-refractivity contribution in [3.63, 3.8) is 0 Å². The lowest BCUT2D eigenvalue weighted by atomic mass is 9.89. The van der Waals surface area contributed by atoms with Gasteiger partial charge in [-0.1, -0.05) is 6.92 Å². The monoisotopic (exact) mass is 277 g/mol. The van der Waals surface area contributed by atoms with Crippen LogP contribution in [0.3, 0.4) is 0 Å². The van der Waals surface area contributed by atoms with Crippen LogP contribution in [0.2, 0.25) is 0 Å². The van der Waals surface area contributed by atoms with E-state index in [1.165, 1.54) is 13.0 Å². The maximum atomic E-state index is 5.63. The summed E-state index contributed by atoms with van der Waals surface area (Å²) >= 11 is 0. The van der Waals surface area contributed by atoms with E-state index in [0.717, 1.165) is 36.8 Å². The quantitative estimate of drug-likeness (QED) is 0.872. The molecule has 0 spiro atoms. The first-order chi connectivity index (χ1) is 9.42. The molecule has 0 radical (unpaired) electrons. The molecule has 1 fully saturated rings. The number of aromatic nitrogens is 2. The van der Waals surface area contributed by atoms with Gasteiger partial charge in [0.1, 0.15) is 11.6 Å². The van der Waals surface area contributed by atoms with E-state index in [9.17, 15) is 0 Å². The van der Waals surface area contributed by atoms with Gasteiger partial charge in [-0.05, 0) is 38.9 Å². The van der Waals surface area contributed by atoms with Crippen LogP contribution in [0.15, 0.2) is 6.07 Å². The van der Waals surface area contributed by atoms with Crippen LogP contribution in [-0.2, 0) is 6.42 Å². The van der Waals surface area contributed by atoms with E-state index in [2.05, 4.69) is 46.9 Å². The van der Waals surface area contributed by atoms with Crippen LogP contribution in [0, 0.1) is 12.3 Å². The molecule has 112 valence electrons. The zero-order valence-electron chi connectivity index (χ0n) is 13.2. The Labute approximate surface area is 122 Å². The fourth-order valence-corrected chi connectivity index (χ4v) is 3.14. The molecule has 1 aliphatic heterocycles. The molecule has 5 nitrogen and oxygen atoms in total. The standard InChI is InChI=1S/C15H27N5/c1-12-17-13(5-7-16)9-14(18-12)20(4)11-15(2)6-8-19(3)10-15/h9H,5-8,10-11,16H2,1-4H3. The van der Waals surface area contributed by atoms with E-state index >= 15 is 0 Å². The SMILES string of the molecule is Cc1nc(CCN)cc(N(C)CC2(C)CCN(C)C2)n1. The van der Waals surface area contributed by atoms with Crippen LogP contribution in [0.25, 0.3) is 0 Å². The number of nitrogens with zero attached hydrogens (tertiary/aromatic N) is 4. The highest BCUT2D eigenvalue weighted by molar-refractivity contribution is 5.39. The summed E-state index contributed by atoms with van der Waals surface area (Å²) in [6.45, 7) is 8.30. The van der Waals surface area contributed by atoms with Crippen molar-refractivity contribution in [2.24, 2.45) is 11.1 Å². The van der Waals surface area contributed by atoms with Gasteiger partial charge in [0.2, 0.25) is 0 Å². The molecule has 0 aromatic carbocycles. The van der Waals surface area contributed by atoms with E-state index in [0.29, 0.717) is 12.0 Å². The summed E-state index contributed by atoms with van der Waals surface area (Å²) in [5, 5.41) is 0. The highest BCUT2D eigenvalue weighted by Crippen LogP contribution is 2.30. The van der Waals surface area contributed by atoms with Crippen molar-refractivity contribution in [2.75, 3.05) is 45.2 Å². The highest BCUT2D eigenvalue weighted by atomic mass is 15.2. The molecule has 0 bridgehead atoms. The zero-order valence-corrected chi connectivity index (χ0v) is 13.2. The van der Waals surface area contributed by atoms with Gasteiger partial charge < -0.3 is 15.5 Å². The summed E-state index contributed by atoms with van der Waals surface area (Å²) in [5.41, 5.74) is 7.01. The van der Waals surface area contributed by atoms with Crippen molar-refractivity contribution in [1.82, 2.24) is 14.9 Å². The van der Waals surface area contributed by atoms with Crippen LogP contribution < -0.4 is 10.6 Å². The minimum atomic E-state index is 0.344. The highest BCUT2D eigenvalue weighted by Gasteiger charge is 2.33. The lowest BCUT2D eigenvalue weighted by molar-refractivity contribution is 0.314. The molecule has 1 aromatic rings. The van der Waals surface area contributed by atoms with Gasteiger partial charge >= 0.3 is 0 Å². The van der Waals surface area contributed by atoms with E-state index in [-0.39, 0.29) is 0 Å². The van der Waals surface area contributed by atoms with Crippen molar-refractivity contribution in [2.45, 2.75) is 26.7 Å². The molecule has 5 heteroatoms. The first-order valence-electron chi connectivity index (χ1n) is 7.36. The average molecular weight is 277 g/mol. The minimum absolute atomic E-state index is 0.344. The number of aryl methyl sites for hydroxylation is 1. The van der Waals surface area contributed by atoms with Crippen molar-refractivity contribution >= 4 is 5.82 Å². The Morgan fingerprint density at radius 1 is 1.45 bits per heavy atom. The third kappa shape index (κ3) is 3.67. The summed E-state index contributed by atoms with van der Waals surface area (Å²) in [4.78, 5) is 13.7. The average Bonchev–Trinajstić information content (AvgIpc) is 2.68. The summed E-state index contributed by atoms with van der Waals surface area (Å²) in [6, 6.07) is 2.07. The predicted molar refractivity (Wildman–Crippen MR) is 83.0 cm³/mol. The van der Waals surface area contributed by atoms with Crippen molar-refractivity contribution in [3.05, 3.63) is 17.6 Å². The van der Waals surface area contributed by atoms with E-state index in [4.69, 9.17) is 5.73 Å². The Kier molecular flexibility index (Phi) is 4.60. The number of anilines is 1. The Morgan fingerprint density at radius 2 is 2.20 bits per heavy atom. The summed E-state index contributed by atoms with van der Waals surface area (Å²) in [7, 11) is 4.32. The summed E-state index contributed by atoms with van der Waals surface area (Å²) in [5.74, 6) is 1.84. The molecule has 1 unspecified atom stereocenters. The number of hydrogen-bond donors (Lipinski definition) is 1. The lowest BCUT2D eigenvalue weighted by Crippen LogP contribution is -2.36. The second kappa shape index (κ2) is 6.06.